The fourth-order valence-corrected chi connectivity index (χ4v) is 8.69. The highest BCUT2D eigenvalue weighted by Crippen LogP contribution is 2.54. The minimum absolute atomic E-state index is 0.0934. The minimum Gasteiger partial charge on any atom is -0.453 e. The summed E-state index contributed by atoms with van der Waals surface area (Å²) in [4.78, 5) is 71.7. The van der Waals surface area contributed by atoms with Crippen LogP contribution in [0.15, 0.2) is 60.9 Å². The number of H-pyrrole nitrogens is 2. The number of aromatic amines is 2. The Bertz CT molecular complexity index is 2100. The van der Waals surface area contributed by atoms with Gasteiger partial charge >= 0.3 is 12.2 Å². The van der Waals surface area contributed by atoms with E-state index in [-0.39, 0.29) is 47.8 Å². The van der Waals surface area contributed by atoms with Gasteiger partial charge in [-0.3, -0.25) is 9.59 Å². The lowest BCUT2D eigenvalue weighted by Gasteiger charge is -2.32. The van der Waals surface area contributed by atoms with E-state index in [2.05, 4.69) is 42.4 Å². The average Bonchev–Trinajstić information content (AvgIpc) is 3.81. The van der Waals surface area contributed by atoms with Crippen LogP contribution in [-0.2, 0) is 19.1 Å². The van der Waals surface area contributed by atoms with E-state index in [1.54, 1.807) is 0 Å². The van der Waals surface area contributed by atoms with Gasteiger partial charge in [-0.1, -0.05) is 63.8 Å². The van der Waals surface area contributed by atoms with Crippen LogP contribution in [0.4, 0.5) is 9.59 Å². The number of benzene rings is 2. The molecule has 0 spiro atoms. The Hall–Kier alpha value is -6.10. The number of ether oxygens (including phenoxy) is 2. The van der Waals surface area contributed by atoms with Gasteiger partial charge in [0.05, 0.1) is 50.1 Å². The molecule has 4 aromatic rings. The summed E-state index contributed by atoms with van der Waals surface area (Å²) >= 11 is 0. The number of carbonyl (C=O) groups is 4. The molecular formula is C44H50N8O6. The van der Waals surface area contributed by atoms with Crippen LogP contribution in [0.2, 0.25) is 0 Å². The zero-order chi connectivity index (χ0) is 40.8. The minimum atomic E-state index is -0.672. The van der Waals surface area contributed by atoms with Crippen molar-refractivity contribution in [1.29, 1.82) is 0 Å². The summed E-state index contributed by atoms with van der Waals surface area (Å²) in [6.07, 6.45) is 6.08. The molecule has 0 bridgehead atoms. The lowest BCUT2D eigenvalue weighted by Crippen LogP contribution is -2.51. The van der Waals surface area contributed by atoms with Crippen molar-refractivity contribution >= 4 is 24.0 Å². The third kappa shape index (κ3) is 7.65. The Morgan fingerprint density at radius 2 is 1.02 bits per heavy atom. The summed E-state index contributed by atoms with van der Waals surface area (Å²) in [5, 5.41) is 5.46. The molecule has 4 N–H and O–H groups in total. The molecule has 2 aromatic carbocycles. The van der Waals surface area contributed by atoms with Crippen molar-refractivity contribution in [3.63, 3.8) is 0 Å². The van der Waals surface area contributed by atoms with Gasteiger partial charge in [0.1, 0.15) is 23.7 Å². The maximum Gasteiger partial charge on any atom is 0.407 e. The van der Waals surface area contributed by atoms with Gasteiger partial charge in [0.15, 0.2) is 0 Å². The molecule has 2 aliphatic heterocycles. The van der Waals surface area contributed by atoms with Crippen molar-refractivity contribution in [2.24, 2.45) is 23.7 Å². The van der Waals surface area contributed by atoms with Gasteiger partial charge in [0.25, 0.3) is 0 Å². The molecule has 2 saturated heterocycles. The standard InChI is InChI=1S/C44H50N8O6/c1-23(2)37(49-43(55)57-5)41(53)51-33-17-29(33)19-35(51)31-21-45-39(47-31)27-13-9-25(10-14-27)7-8-26-11-15-28(16-12-26)40-46-22-32(48-40)36-20-30-18-34(30)52(36)42(54)38(24(3)4)50-44(56)58-6/h9-16,21-24,29-30,33-38H,17-20H2,1-6H3,(H,45,47)(H,46,48)(H,49,55)(H,50,56)/t29-,30-,33-,34-,35?,36?,37+,38+/m1/s1. The number of methoxy groups -OCH3 is 2. The number of piperidine rings is 2. The first-order valence-electron chi connectivity index (χ1n) is 20.1. The smallest absolute Gasteiger partial charge is 0.407 e. The van der Waals surface area contributed by atoms with Gasteiger partial charge in [-0.15, -0.1) is 0 Å². The van der Waals surface area contributed by atoms with Crippen LogP contribution in [0.5, 0.6) is 0 Å². The molecule has 2 aromatic heterocycles. The van der Waals surface area contributed by atoms with Crippen LogP contribution in [0.1, 0.15) is 88.0 Å². The van der Waals surface area contributed by atoms with Crippen molar-refractivity contribution in [3.8, 4) is 34.6 Å². The molecule has 2 unspecified atom stereocenters. The predicted molar refractivity (Wildman–Crippen MR) is 215 cm³/mol. The fraction of sp³-hybridized carbons (Fsp3) is 0.455. The van der Waals surface area contributed by atoms with Crippen LogP contribution in [-0.4, -0.2) is 92.1 Å². The molecule has 2 saturated carbocycles. The van der Waals surface area contributed by atoms with Gasteiger partial charge in [-0.2, -0.15) is 0 Å². The average molecular weight is 787 g/mol. The van der Waals surface area contributed by atoms with Crippen LogP contribution < -0.4 is 10.6 Å². The number of likely N-dealkylation sites (tertiary alicyclic amines) is 2. The second kappa shape index (κ2) is 15.7. The lowest BCUT2D eigenvalue weighted by atomic mass is 10.0. The number of amides is 4. The summed E-state index contributed by atoms with van der Waals surface area (Å²) in [6.45, 7) is 7.67. The number of nitrogens with zero attached hydrogens (tertiary/aromatic N) is 4. The van der Waals surface area contributed by atoms with E-state index in [0.717, 1.165) is 59.3 Å². The normalized spacial score (nSPS) is 23.7. The monoisotopic (exact) mass is 786 g/mol. The van der Waals surface area contributed by atoms with E-state index in [1.165, 1.54) is 14.2 Å². The summed E-state index contributed by atoms with van der Waals surface area (Å²) in [5.74, 6) is 8.47. The zero-order valence-corrected chi connectivity index (χ0v) is 33.6. The molecule has 4 aliphatic rings. The van der Waals surface area contributed by atoms with Crippen LogP contribution in [0, 0.1) is 35.5 Å². The van der Waals surface area contributed by atoms with E-state index in [0.29, 0.717) is 23.5 Å². The number of imidazole rings is 2. The van der Waals surface area contributed by atoms with E-state index >= 15 is 0 Å². The number of hydrogen-bond donors (Lipinski definition) is 4. The first-order valence-corrected chi connectivity index (χ1v) is 20.1. The Kier molecular flexibility index (Phi) is 10.5. The molecule has 4 fully saturated rings. The van der Waals surface area contributed by atoms with Gasteiger partial charge in [0.2, 0.25) is 11.8 Å². The zero-order valence-electron chi connectivity index (χ0n) is 33.6. The van der Waals surface area contributed by atoms with Gasteiger partial charge < -0.3 is 39.9 Å². The first kappa shape index (κ1) is 38.8. The Balaban J connectivity index is 0.903. The van der Waals surface area contributed by atoms with Crippen molar-refractivity contribution in [1.82, 2.24) is 40.4 Å². The maximum absolute atomic E-state index is 13.7. The molecule has 4 amide bonds. The summed E-state index contributed by atoms with van der Waals surface area (Å²) < 4.78 is 9.57. The number of alkyl carbamates (subject to hydrolysis) is 2. The van der Waals surface area contributed by atoms with Gasteiger partial charge in [0, 0.05) is 34.3 Å². The topological polar surface area (TPSA) is 175 Å². The van der Waals surface area contributed by atoms with Gasteiger partial charge in [-0.25, -0.2) is 19.6 Å². The molecule has 14 heteroatoms. The van der Waals surface area contributed by atoms with Crippen LogP contribution in [0.3, 0.4) is 0 Å². The molecule has 4 heterocycles. The predicted octanol–water partition coefficient (Wildman–Crippen LogP) is 5.95. The highest BCUT2D eigenvalue weighted by Gasteiger charge is 2.57. The van der Waals surface area contributed by atoms with Gasteiger partial charge in [-0.05, 0) is 73.6 Å². The van der Waals surface area contributed by atoms with E-state index < -0.39 is 24.3 Å². The quantitative estimate of drug-likeness (QED) is 0.143. The molecule has 8 atom stereocenters. The molecule has 2 aliphatic carbocycles. The second-order valence-corrected chi connectivity index (χ2v) is 16.6. The first-order chi connectivity index (χ1) is 27.9. The molecule has 302 valence electrons. The Morgan fingerprint density at radius 1 is 0.638 bits per heavy atom. The number of fused-ring (bicyclic) bond motifs is 2. The van der Waals surface area contributed by atoms with Crippen molar-refractivity contribution in [2.45, 2.75) is 89.6 Å². The Labute approximate surface area is 337 Å². The number of aromatic nitrogens is 4. The van der Waals surface area contributed by atoms with Crippen molar-refractivity contribution < 1.29 is 28.7 Å². The van der Waals surface area contributed by atoms with Crippen LogP contribution >= 0.6 is 0 Å². The Morgan fingerprint density at radius 3 is 1.36 bits per heavy atom. The molecule has 0 radical (unpaired) electrons. The van der Waals surface area contributed by atoms with Crippen molar-refractivity contribution in [3.05, 3.63) is 83.4 Å². The van der Waals surface area contributed by atoms with E-state index in [1.807, 2.05) is 98.4 Å². The highest BCUT2D eigenvalue weighted by atomic mass is 16.5. The van der Waals surface area contributed by atoms with E-state index in [4.69, 9.17) is 9.47 Å². The summed E-state index contributed by atoms with van der Waals surface area (Å²) in [5.41, 5.74) is 5.29. The third-order valence-corrected chi connectivity index (χ3v) is 12.1. The molecule has 58 heavy (non-hydrogen) atoms. The summed E-state index contributed by atoms with van der Waals surface area (Å²) in [6, 6.07) is 14.5. The number of rotatable bonds is 10. The highest BCUT2D eigenvalue weighted by molar-refractivity contribution is 5.88. The summed E-state index contributed by atoms with van der Waals surface area (Å²) in [7, 11) is 2.60. The second-order valence-electron chi connectivity index (χ2n) is 16.6. The molecular weight excluding hydrogens is 737 g/mol. The maximum atomic E-state index is 13.7. The van der Waals surface area contributed by atoms with E-state index in [9.17, 15) is 19.2 Å². The number of carbonyl (C=O) groups excluding carboxylic acids is 4. The molecule has 14 nitrogen and oxygen atoms in total. The SMILES string of the molecule is COC(=O)N[C@H](C(=O)N1C(c2cnc(-c3ccc(C#Cc4ccc(-c5ncc(C6C[C@H]7C[C@H]7N6C(=O)[C@@H](NC(=O)OC)C(C)C)[nH]5)cc4)cc3)[nH]2)C[C@H]2C[C@H]21)C(C)C. The number of nitrogens with one attached hydrogen (secondary N) is 4. The third-order valence-electron chi connectivity index (χ3n) is 12.1. The lowest BCUT2D eigenvalue weighted by molar-refractivity contribution is -0.137. The largest absolute Gasteiger partial charge is 0.453 e. The van der Waals surface area contributed by atoms with Crippen molar-refractivity contribution in [2.75, 3.05) is 14.2 Å². The molecule has 8 rings (SSSR count). The fourth-order valence-electron chi connectivity index (χ4n) is 8.69. The number of hydrogen-bond acceptors (Lipinski definition) is 8. The van der Waals surface area contributed by atoms with Crippen LogP contribution in [0.25, 0.3) is 22.8 Å².